The van der Waals surface area contributed by atoms with Crippen LogP contribution in [0.2, 0.25) is 0 Å². The Bertz CT molecular complexity index is 334. The summed E-state index contributed by atoms with van der Waals surface area (Å²) in [6, 6.07) is 3.64. The second-order valence-corrected chi connectivity index (χ2v) is 4.16. The summed E-state index contributed by atoms with van der Waals surface area (Å²) in [5, 5.41) is 3.08. The van der Waals surface area contributed by atoms with Crippen LogP contribution in [-0.4, -0.2) is 23.7 Å². The molecule has 1 aliphatic heterocycles. The number of nitrogens with two attached hydrogens (primary N) is 1. The van der Waals surface area contributed by atoms with Gasteiger partial charge in [-0.3, -0.25) is 0 Å². The molecule has 1 aliphatic rings. The van der Waals surface area contributed by atoms with E-state index in [0.717, 1.165) is 18.5 Å². The Hall–Kier alpha value is -1.16. The summed E-state index contributed by atoms with van der Waals surface area (Å²) < 4.78 is 14.3. The first-order valence-corrected chi connectivity index (χ1v) is 5.29. The molecule has 0 radical (unpaired) electrons. The van der Waals surface area contributed by atoms with E-state index in [0.29, 0.717) is 25.2 Å². The summed E-state index contributed by atoms with van der Waals surface area (Å²) in [5.41, 5.74) is 5.35. The molecule has 2 rings (SSSR count). The standard InChI is InChI=1S/C11H16FN3/c12-11(4-2-5-14-8-11)7-9-3-1-6-15-10(9)13/h1,3,6,14H,2,4-5,7-8H2,(H2,13,15). The summed E-state index contributed by atoms with van der Waals surface area (Å²) in [6.07, 6.45) is 3.48. The molecule has 1 saturated heterocycles. The van der Waals surface area contributed by atoms with Crippen LogP contribution in [0.1, 0.15) is 18.4 Å². The molecule has 3 nitrogen and oxygen atoms in total. The molecule has 15 heavy (non-hydrogen) atoms. The number of hydrogen-bond acceptors (Lipinski definition) is 3. The second-order valence-electron chi connectivity index (χ2n) is 4.16. The highest BCUT2D eigenvalue weighted by Crippen LogP contribution is 2.27. The lowest BCUT2D eigenvalue weighted by molar-refractivity contribution is 0.122. The number of nitrogen functional groups attached to an aromatic ring is 1. The van der Waals surface area contributed by atoms with Crippen LogP contribution in [-0.2, 0) is 6.42 Å². The third-order valence-corrected chi connectivity index (χ3v) is 2.85. The number of piperidine rings is 1. The summed E-state index contributed by atoms with van der Waals surface area (Å²) in [5.74, 6) is 0.445. The van der Waals surface area contributed by atoms with Crippen molar-refractivity contribution in [3.63, 3.8) is 0 Å². The number of halogens is 1. The van der Waals surface area contributed by atoms with Crippen molar-refractivity contribution in [2.45, 2.75) is 24.9 Å². The van der Waals surface area contributed by atoms with Gasteiger partial charge in [0.2, 0.25) is 0 Å². The zero-order chi connectivity index (χ0) is 10.7. The van der Waals surface area contributed by atoms with Crippen molar-refractivity contribution >= 4 is 5.82 Å². The Morgan fingerprint density at radius 2 is 2.47 bits per heavy atom. The maximum absolute atomic E-state index is 14.3. The van der Waals surface area contributed by atoms with E-state index in [1.54, 1.807) is 12.3 Å². The SMILES string of the molecule is Nc1ncccc1CC1(F)CCCNC1. The highest BCUT2D eigenvalue weighted by Gasteiger charge is 2.32. The molecule has 1 aromatic heterocycles. The maximum atomic E-state index is 14.3. The second kappa shape index (κ2) is 4.14. The van der Waals surface area contributed by atoms with Crippen LogP contribution in [0.5, 0.6) is 0 Å². The molecular formula is C11H16FN3. The molecule has 0 amide bonds. The molecule has 2 heterocycles. The van der Waals surface area contributed by atoms with Crippen molar-refractivity contribution in [1.29, 1.82) is 0 Å². The Morgan fingerprint density at radius 3 is 3.13 bits per heavy atom. The molecule has 3 N–H and O–H groups in total. The molecule has 1 atom stereocenters. The molecule has 0 saturated carbocycles. The first-order valence-electron chi connectivity index (χ1n) is 5.29. The van der Waals surface area contributed by atoms with Gasteiger partial charge < -0.3 is 11.1 Å². The topological polar surface area (TPSA) is 50.9 Å². The highest BCUT2D eigenvalue weighted by molar-refractivity contribution is 5.39. The molecule has 0 aliphatic carbocycles. The maximum Gasteiger partial charge on any atom is 0.127 e. The predicted molar refractivity (Wildman–Crippen MR) is 58.3 cm³/mol. The molecule has 82 valence electrons. The molecule has 0 aromatic carbocycles. The lowest BCUT2D eigenvalue weighted by Crippen LogP contribution is -2.43. The highest BCUT2D eigenvalue weighted by atomic mass is 19.1. The fourth-order valence-corrected chi connectivity index (χ4v) is 2.02. The van der Waals surface area contributed by atoms with E-state index in [2.05, 4.69) is 10.3 Å². The third kappa shape index (κ3) is 2.45. The Morgan fingerprint density at radius 1 is 1.60 bits per heavy atom. The zero-order valence-electron chi connectivity index (χ0n) is 8.67. The number of rotatable bonds is 2. The quantitative estimate of drug-likeness (QED) is 0.772. The van der Waals surface area contributed by atoms with E-state index in [-0.39, 0.29) is 0 Å². The molecular weight excluding hydrogens is 193 g/mol. The smallest absolute Gasteiger partial charge is 0.127 e. The van der Waals surface area contributed by atoms with Crippen molar-refractivity contribution < 1.29 is 4.39 Å². The summed E-state index contributed by atoms with van der Waals surface area (Å²) >= 11 is 0. The van der Waals surface area contributed by atoms with E-state index >= 15 is 0 Å². The van der Waals surface area contributed by atoms with E-state index < -0.39 is 5.67 Å². The van der Waals surface area contributed by atoms with Gasteiger partial charge in [-0.1, -0.05) is 6.07 Å². The molecule has 0 spiro atoms. The van der Waals surface area contributed by atoms with E-state index in [1.165, 1.54) is 0 Å². The van der Waals surface area contributed by atoms with Gasteiger partial charge in [-0.05, 0) is 31.0 Å². The molecule has 4 heteroatoms. The summed E-state index contributed by atoms with van der Waals surface area (Å²) in [7, 11) is 0. The number of nitrogens with zero attached hydrogens (tertiary/aromatic N) is 1. The third-order valence-electron chi connectivity index (χ3n) is 2.85. The van der Waals surface area contributed by atoms with E-state index in [4.69, 9.17) is 5.73 Å². The minimum absolute atomic E-state index is 0.361. The fourth-order valence-electron chi connectivity index (χ4n) is 2.02. The minimum Gasteiger partial charge on any atom is -0.383 e. The number of pyridine rings is 1. The van der Waals surface area contributed by atoms with Gasteiger partial charge >= 0.3 is 0 Å². The largest absolute Gasteiger partial charge is 0.383 e. The first kappa shape index (κ1) is 10.4. The Balaban J connectivity index is 2.10. The van der Waals surface area contributed by atoms with Gasteiger partial charge in [0, 0.05) is 19.2 Å². The van der Waals surface area contributed by atoms with Crippen LogP contribution >= 0.6 is 0 Å². The van der Waals surface area contributed by atoms with Gasteiger partial charge in [-0.25, -0.2) is 9.37 Å². The normalized spacial score (nSPS) is 26.5. The lowest BCUT2D eigenvalue weighted by atomic mass is 9.89. The monoisotopic (exact) mass is 209 g/mol. The van der Waals surface area contributed by atoms with Crippen LogP contribution in [0.25, 0.3) is 0 Å². The first-order chi connectivity index (χ1) is 7.20. The number of nitrogens with one attached hydrogen (secondary N) is 1. The predicted octanol–water partition coefficient (Wildman–Crippen LogP) is 1.30. The molecule has 1 aromatic rings. The summed E-state index contributed by atoms with van der Waals surface area (Å²) in [6.45, 7) is 1.33. The minimum atomic E-state index is -1.16. The molecule has 1 fully saturated rings. The van der Waals surface area contributed by atoms with Crippen molar-refractivity contribution in [2.75, 3.05) is 18.8 Å². The Kier molecular flexibility index (Phi) is 2.86. The fraction of sp³-hybridized carbons (Fsp3) is 0.545. The number of aromatic nitrogens is 1. The van der Waals surface area contributed by atoms with E-state index in [9.17, 15) is 4.39 Å². The van der Waals surface area contributed by atoms with Gasteiger partial charge in [0.15, 0.2) is 0 Å². The van der Waals surface area contributed by atoms with Crippen molar-refractivity contribution in [2.24, 2.45) is 0 Å². The van der Waals surface area contributed by atoms with Gasteiger partial charge in [0.1, 0.15) is 11.5 Å². The van der Waals surface area contributed by atoms with Crippen LogP contribution in [0.4, 0.5) is 10.2 Å². The van der Waals surface area contributed by atoms with Crippen LogP contribution in [0.15, 0.2) is 18.3 Å². The number of alkyl halides is 1. The zero-order valence-corrected chi connectivity index (χ0v) is 8.67. The number of anilines is 1. The van der Waals surface area contributed by atoms with Crippen molar-refractivity contribution in [3.05, 3.63) is 23.9 Å². The molecule has 0 bridgehead atoms. The lowest BCUT2D eigenvalue weighted by Gasteiger charge is -2.30. The van der Waals surface area contributed by atoms with E-state index in [1.807, 2.05) is 6.07 Å². The van der Waals surface area contributed by atoms with Crippen LogP contribution in [0, 0.1) is 0 Å². The average molecular weight is 209 g/mol. The van der Waals surface area contributed by atoms with Gasteiger partial charge in [0.25, 0.3) is 0 Å². The average Bonchev–Trinajstić information content (AvgIpc) is 2.22. The van der Waals surface area contributed by atoms with Gasteiger partial charge in [-0.2, -0.15) is 0 Å². The van der Waals surface area contributed by atoms with Gasteiger partial charge in [0.05, 0.1) is 0 Å². The van der Waals surface area contributed by atoms with Crippen LogP contribution in [0.3, 0.4) is 0 Å². The van der Waals surface area contributed by atoms with Crippen molar-refractivity contribution in [3.8, 4) is 0 Å². The van der Waals surface area contributed by atoms with Crippen LogP contribution < -0.4 is 11.1 Å². The van der Waals surface area contributed by atoms with Gasteiger partial charge in [-0.15, -0.1) is 0 Å². The van der Waals surface area contributed by atoms with Crippen molar-refractivity contribution in [1.82, 2.24) is 10.3 Å². The molecule has 1 unspecified atom stereocenters. The number of hydrogen-bond donors (Lipinski definition) is 2. The summed E-state index contributed by atoms with van der Waals surface area (Å²) in [4.78, 5) is 3.97. The Labute approximate surface area is 88.9 Å².